The largest absolute Gasteiger partial charge is 0.508 e. The summed E-state index contributed by atoms with van der Waals surface area (Å²) in [6.45, 7) is 0.283. The first-order valence-electron chi connectivity index (χ1n) is 11.3. The highest BCUT2D eigenvalue weighted by Crippen LogP contribution is 2.11. The minimum absolute atomic E-state index is 0.108. The van der Waals surface area contributed by atoms with Crippen molar-refractivity contribution < 1.29 is 23.7 Å². The third-order valence-corrected chi connectivity index (χ3v) is 6.28. The Morgan fingerprint density at radius 1 is 1.03 bits per heavy atom. The monoisotopic (exact) mass is 502 g/mol. The molecule has 0 aromatic heterocycles. The lowest BCUT2D eigenvalue weighted by Gasteiger charge is -2.22. The van der Waals surface area contributed by atoms with Gasteiger partial charge in [-0.15, -0.1) is 0 Å². The van der Waals surface area contributed by atoms with E-state index in [2.05, 4.69) is 10.6 Å². The van der Waals surface area contributed by atoms with E-state index in [0.29, 0.717) is 13.0 Å². The van der Waals surface area contributed by atoms with Crippen LogP contribution in [0.5, 0.6) is 5.75 Å². The highest BCUT2D eigenvalue weighted by atomic mass is 32.2. The summed E-state index contributed by atoms with van der Waals surface area (Å²) in [5.41, 5.74) is 7.87. The smallest absolute Gasteiger partial charge is 0.243 e. The molecule has 0 unspecified atom stereocenters. The Hall–Kier alpha value is -3.24. The van der Waals surface area contributed by atoms with Crippen LogP contribution in [0.25, 0.3) is 0 Å². The van der Waals surface area contributed by atoms with Gasteiger partial charge in [-0.05, 0) is 42.5 Å². The van der Waals surface area contributed by atoms with Crippen molar-refractivity contribution in [2.75, 3.05) is 32.1 Å². The number of aromatic hydroxyl groups is 1. The molecule has 9 nitrogen and oxygen atoms in total. The van der Waals surface area contributed by atoms with E-state index in [1.807, 2.05) is 30.3 Å². The molecule has 0 bridgehead atoms. The molecule has 0 radical (unpaired) electrons. The SMILES string of the molecule is CN(CCc1ccccc1)C(=O)CNC(=O)[C@@H](CC[S@@](C)=O)NC(=O)[C@@H](N)Cc1ccc(O)cc1. The van der Waals surface area contributed by atoms with Crippen LogP contribution in [0.1, 0.15) is 17.5 Å². The van der Waals surface area contributed by atoms with Crippen LogP contribution in [-0.2, 0) is 38.0 Å². The van der Waals surface area contributed by atoms with Gasteiger partial charge in [0.15, 0.2) is 0 Å². The number of nitrogens with two attached hydrogens (primary N) is 1. The molecule has 2 aromatic carbocycles. The zero-order chi connectivity index (χ0) is 25.8. The summed E-state index contributed by atoms with van der Waals surface area (Å²) in [6.07, 6.45) is 2.56. The van der Waals surface area contributed by atoms with Crippen molar-refractivity contribution in [2.24, 2.45) is 5.73 Å². The lowest BCUT2D eigenvalue weighted by Crippen LogP contribution is -2.53. The third kappa shape index (κ3) is 10.3. The lowest BCUT2D eigenvalue weighted by molar-refractivity contribution is -0.133. The normalized spacial score (nSPS) is 13.3. The summed E-state index contributed by atoms with van der Waals surface area (Å²) in [5.74, 6) is -1.02. The van der Waals surface area contributed by atoms with Gasteiger partial charge in [0.25, 0.3) is 0 Å². The van der Waals surface area contributed by atoms with E-state index in [9.17, 15) is 23.7 Å². The highest BCUT2D eigenvalue weighted by Gasteiger charge is 2.25. The second-order valence-electron chi connectivity index (χ2n) is 8.37. The van der Waals surface area contributed by atoms with Crippen molar-refractivity contribution >= 4 is 28.5 Å². The Labute approximate surface area is 208 Å². The summed E-state index contributed by atoms with van der Waals surface area (Å²) in [5, 5.41) is 14.6. The maximum atomic E-state index is 12.8. The summed E-state index contributed by atoms with van der Waals surface area (Å²) in [6, 6.07) is 14.2. The van der Waals surface area contributed by atoms with E-state index in [-0.39, 0.29) is 36.8 Å². The van der Waals surface area contributed by atoms with Crippen molar-refractivity contribution in [3.05, 3.63) is 65.7 Å². The standard InChI is InChI=1S/C25H34N4O5S/c1-29(14-12-18-6-4-3-5-7-18)23(31)17-27-25(33)22(13-15-35(2)34)28-24(32)21(26)16-19-8-10-20(30)11-9-19/h3-11,21-22,30H,12-17,26H2,1-2H3,(H,27,33)(H,28,32)/t21-,22+,35+/m0/s1. The van der Waals surface area contributed by atoms with Gasteiger partial charge in [-0.3, -0.25) is 18.6 Å². The van der Waals surface area contributed by atoms with E-state index in [4.69, 9.17) is 5.73 Å². The molecule has 2 rings (SSSR count). The highest BCUT2D eigenvalue weighted by molar-refractivity contribution is 7.84. The van der Waals surface area contributed by atoms with Crippen LogP contribution in [0.3, 0.4) is 0 Å². The number of benzene rings is 2. The van der Waals surface area contributed by atoms with Gasteiger partial charge in [0, 0.05) is 36.4 Å². The fourth-order valence-corrected chi connectivity index (χ4v) is 3.86. The molecule has 0 aliphatic carbocycles. The van der Waals surface area contributed by atoms with Crippen molar-refractivity contribution in [3.63, 3.8) is 0 Å². The van der Waals surface area contributed by atoms with E-state index >= 15 is 0 Å². The van der Waals surface area contributed by atoms with Crippen molar-refractivity contribution in [2.45, 2.75) is 31.3 Å². The molecule has 3 amide bonds. The minimum Gasteiger partial charge on any atom is -0.508 e. The topological polar surface area (TPSA) is 142 Å². The Morgan fingerprint density at radius 2 is 1.69 bits per heavy atom. The molecule has 0 spiro atoms. The number of nitrogens with zero attached hydrogens (tertiary/aromatic N) is 1. The van der Waals surface area contributed by atoms with Crippen molar-refractivity contribution in [1.82, 2.24) is 15.5 Å². The summed E-state index contributed by atoms with van der Waals surface area (Å²) in [4.78, 5) is 39.4. The molecular formula is C25H34N4O5S. The first-order chi connectivity index (χ1) is 16.7. The number of carbonyl (C=O) groups is 3. The molecule has 3 atom stereocenters. The van der Waals surface area contributed by atoms with Crippen molar-refractivity contribution in [3.8, 4) is 5.75 Å². The van der Waals surface area contributed by atoms with Crippen LogP contribution in [0, 0.1) is 0 Å². The van der Waals surface area contributed by atoms with Crippen LogP contribution in [-0.4, -0.2) is 76.2 Å². The van der Waals surface area contributed by atoms with Crippen LogP contribution in [0.4, 0.5) is 0 Å². The molecule has 5 N–H and O–H groups in total. The Balaban J connectivity index is 1.88. The predicted octanol–water partition coefficient (Wildman–Crippen LogP) is 0.333. The zero-order valence-electron chi connectivity index (χ0n) is 20.1. The minimum atomic E-state index is -1.16. The summed E-state index contributed by atoms with van der Waals surface area (Å²) in [7, 11) is 0.502. The number of likely N-dealkylation sites (N-methyl/N-ethyl adjacent to an activating group) is 1. The van der Waals surface area contributed by atoms with Gasteiger partial charge in [0.1, 0.15) is 11.8 Å². The molecule has 0 saturated heterocycles. The predicted molar refractivity (Wildman–Crippen MR) is 136 cm³/mol. The second kappa shape index (κ2) is 14.2. The van der Waals surface area contributed by atoms with Crippen LogP contribution in [0.15, 0.2) is 54.6 Å². The number of amides is 3. The van der Waals surface area contributed by atoms with Gasteiger partial charge in [-0.25, -0.2) is 0 Å². The van der Waals surface area contributed by atoms with Gasteiger partial charge in [0.2, 0.25) is 17.7 Å². The second-order valence-corrected chi connectivity index (χ2v) is 9.93. The van der Waals surface area contributed by atoms with Gasteiger partial charge in [-0.2, -0.15) is 0 Å². The molecule has 35 heavy (non-hydrogen) atoms. The van der Waals surface area contributed by atoms with Crippen molar-refractivity contribution in [1.29, 1.82) is 0 Å². The molecule has 0 heterocycles. The average molecular weight is 503 g/mol. The van der Waals surface area contributed by atoms with Crippen LogP contribution in [0.2, 0.25) is 0 Å². The average Bonchev–Trinajstić information content (AvgIpc) is 2.84. The number of carbonyl (C=O) groups excluding carboxylic acids is 3. The maximum absolute atomic E-state index is 12.8. The fourth-order valence-electron chi connectivity index (χ4n) is 3.30. The molecule has 2 aromatic rings. The molecule has 0 aliphatic rings. The van der Waals surface area contributed by atoms with E-state index in [1.54, 1.807) is 19.2 Å². The number of phenolic OH excluding ortho intramolecular Hbond substituents is 1. The van der Waals surface area contributed by atoms with E-state index in [0.717, 1.165) is 11.1 Å². The molecule has 0 saturated carbocycles. The molecule has 0 fully saturated rings. The summed E-state index contributed by atoms with van der Waals surface area (Å²) < 4.78 is 11.6. The first kappa shape index (κ1) is 28.0. The van der Waals surface area contributed by atoms with Gasteiger partial charge in [0.05, 0.1) is 12.6 Å². The summed E-state index contributed by atoms with van der Waals surface area (Å²) >= 11 is 0. The number of hydrogen-bond acceptors (Lipinski definition) is 6. The number of nitrogens with one attached hydrogen (secondary N) is 2. The molecular weight excluding hydrogens is 468 g/mol. The van der Waals surface area contributed by atoms with Gasteiger partial charge >= 0.3 is 0 Å². The van der Waals surface area contributed by atoms with Crippen LogP contribution < -0.4 is 16.4 Å². The zero-order valence-corrected chi connectivity index (χ0v) is 20.9. The number of rotatable bonds is 13. The lowest BCUT2D eigenvalue weighted by atomic mass is 10.1. The third-order valence-electron chi connectivity index (χ3n) is 5.47. The maximum Gasteiger partial charge on any atom is 0.243 e. The first-order valence-corrected chi connectivity index (χ1v) is 13.1. The van der Waals surface area contributed by atoms with Gasteiger partial charge in [-0.1, -0.05) is 42.5 Å². The fraction of sp³-hybridized carbons (Fsp3) is 0.400. The number of hydrogen-bond donors (Lipinski definition) is 4. The Morgan fingerprint density at radius 3 is 2.31 bits per heavy atom. The van der Waals surface area contributed by atoms with Crippen LogP contribution >= 0.6 is 0 Å². The van der Waals surface area contributed by atoms with Gasteiger partial charge < -0.3 is 26.4 Å². The Kier molecular flexibility index (Phi) is 11.4. The molecule has 10 heteroatoms. The Bertz CT molecular complexity index is 1000. The quantitative estimate of drug-likeness (QED) is 0.311. The number of phenols is 1. The molecule has 0 aliphatic heterocycles. The van der Waals surface area contributed by atoms with E-state index in [1.165, 1.54) is 23.3 Å². The van der Waals surface area contributed by atoms with E-state index < -0.39 is 34.7 Å². The molecule has 190 valence electrons.